The van der Waals surface area contributed by atoms with Crippen LogP contribution in [0.1, 0.15) is 25.7 Å². The lowest BCUT2D eigenvalue weighted by atomic mass is 9.81. The van der Waals surface area contributed by atoms with Gasteiger partial charge in [-0.1, -0.05) is 23.9 Å². The number of sulfonamides is 1. The topological polar surface area (TPSA) is 131 Å². The van der Waals surface area contributed by atoms with E-state index in [0.717, 1.165) is 25.1 Å². The fraction of sp³-hybridized carbons (Fsp3) is 0.529. The van der Waals surface area contributed by atoms with E-state index in [1.165, 1.54) is 24.3 Å². The van der Waals surface area contributed by atoms with Crippen molar-refractivity contribution >= 4 is 38.5 Å². The number of benzene rings is 1. The zero-order valence-electron chi connectivity index (χ0n) is 15.2. The lowest BCUT2D eigenvalue weighted by Crippen LogP contribution is -2.37. The first-order chi connectivity index (χ1) is 13.4. The van der Waals surface area contributed by atoms with Gasteiger partial charge in [-0.05, 0) is 37.7 Å². The summed E-state index contributed by atoms with van der Waals surface area (Å²) in [7, 11) is -3.97. The average Bonchev–Trinajstić information content (AvgIpc) is 3.20. The molecule has 1 fully saturated rings. The smallest absolute Gasteiger partial charge is 0.289 e. The number of carbonyl (C=O) groups is 1. The van der Waals surface area contributed by atoms with Crippen molar-refractivity contribution in [2.75, 3.05) is 18.8 Å². The van der Waals surface area contributed by atoms with Gasteiger partial charge < -0.3 is 5.32 Å². The number of nitrogens with zero attached hydrogens (tertiary/aromatic N) is 2. The molecule has 1 heterocycles. The maximum Gasteiger partial charge on any atom is 0.289 e. The van der Waals surface area contributed by atoms with E-state index in [1.807, 2.05) is 0 Å². The third-order valence-electron chi connectivity index (χ3n) is 4.95. The second kappa shape index (κ2) is 9.01. The Balaban J connectivity index is 1.51. The number of aliphatic imine (C=N–C) groups is 1. The Morgan fingerprint density at radius 1 is 1.25 bits per heavy atom. The summed E-state index contributed by atoms with van der Waals surface area (Å²) in [6, 6.07) is 5.29. The van der Waals surface area contributed by atoms with Crippen molar-refractivity contribution in [2.45, 2.75) is 30.6 Å². The van der Waals surface area contributed by atoms with Gasteiger partial charge in [-0.2, -0.15) is 0 Å². The number of nitro benzene ring substituents is 1. The summed E-state index contributed by atoms with van der Waals surface area (Å²) in [5.41, 5.74) is -0.442. The Bertz CT molecular complexity index is 879. The molecule has 2 N–H and O–H groups in total. The molecule has 0 atom stereocenters. The molecule has 0 saturated heterocycles. The van der Waals surface area contributed by atoms with Gasteiger partial charge in [0, 0.05) is 24.3 Å². The molecule has 1 aliphatic heterocycles. The molecule has 3 rings (SSSR count). The molecule has 9 nitrogen and oxygen atoms in total. The first-order valence-corrected chi connectivity index (χ1v) is 11.5. The standard InChI is InChI=1S/C17H22N4O5S2/c22-16(20-17-18-9-10-27-17)13-7-5-12(6-8-13)11-19-28(25,26)15-4-2-1-3-14(15)21(23)24/h1-4,12-13,19H,5-11H2,(H,18,20,22). The molecule has 0 aromatic heterocycles. The lowest BCUT2D eigenvalue weighted by molar-refractivity contribution is -0.387. The highest BCUT2D eigenvalue weighted by Crippen LogP contribution is 2.30. The number of hydrogen-bond acceptors (Lipinski definition) is 7. The number of carbonyl (C=O) groups excluding carboxylic acids is 1. The summed E-state index contributed by atoms with van der Waals surface area (Å²) in [5, 5.41) is 14.6. The molecule has 1 saturated carbocycles. The van der Waals surface area contributed by atoms with Gasteiger partial charge in [0.1, 0.15) is 0 Å². The molecule has 1 aliphatic carbocycles. The summed E-state index contributed by atoms with van der Waals surface area (Å²) >= 11 is 1.54. The van der Waals surface area contributed by atoms with Crippen molar-refractivity contribution in [2.24, 2.45) is 16.8 Å². The van der Waals surface area contributed by atoms with Crippen molar-refractivity contribution in [3.05, 3.63) is 34.4 Å². The van der Waals surface area contributed by atoms with Crippen LogP contribution in [0.5, 0.6) is 0 Å². The molecule has 0 radical (unpaired) electrons. The minimum absolute atomic E-state index is 0.0212. The van der Waals surface area contributed by atoms with Gasteiger partial charge >= 0.3 is 0 Å². The maximum atomic E-state index is 12.5. The van der Waals surface area contributed by atoms with E-state index in [-0.39, 0.29) is 29.2 Å². The van der Waals surface area contributed by atoms with Gasteiger partial charge in [0.05, 0.1) is 11.5 Å². The zero-order valence-corrected chi connectivity index (χ0v) is 16.8. The van der Waals surface area contributed by atoms with Crippen LogP contribution in [0.2, 0.25) is 0 Å². The summed E-state index contributed by atoms with van der Waals surface area (Å²) in [6.45, 7) is 0.929. The molecule has 152 valence electrons. The van der Waals surface area contributed by atoms with Gasteiger partial charge in [0.15, 0.2) is 10.1 Å². The van der Waals surface area contributed by atoms with Crippen LogP contribution >= 0.6 is 11.8 Å². The molecule has 2 aliphatic rings. The molecule has 1 aromatic rings. The van der Waals surface area contributed by atoms with Crippen molar-refractivity contribution in [1.29, 1.82) is 0 Å². The van der Waals surface area contributed by atoms with Crippen LogP contribution in [0.25, 0.3) is 0 Å². The molecule has 1 amide bonds. The van der Waals surface area contributed by atoms with Crippen molar-refractivity contribution in [3.8, 4) is 0 Å². The Morgan fingerprint density at radius 2 is 1.96 bits per heavy atom. The van der Waals surface area contributed by atoms with E-state index >= 15 is 0 Å². The highest BCUT2D eigenvalue weighted by atomic mass is 32.2. The summed E-state index contributed by atoms with van der Waals surface area (Å²) in [4.78, 5) is 26.5. The SMILES string of the molecule is O=C(NC1=NCCS1)C1CCC(CNS(=O)(=O)c2ccccc2[N+](=O)[O-])CC1. The van der Waals surface area contributed by atoms with Gasteiger partial charge in [-0.3, -0.25) is 19.9 Å². The van der Waals surface area contributed by atoms with Crippen LogP contribution in [-0.2, 0) is 14.8 Å². The summed E-state index contributed by atoms with van der Waals surface area (Å²) in [5.74, 6) is 0.876. The van der Waals surface area contributed by atoms with Crippen LogP contribution in [0.3, 0.4) is 0 Å². The van der Waals surface area contributed by atoms with E-state index in [4.69, 9.17) is 0 Å². The lowest BCUT2D eigenvalue weighted by Gasteiger charge is -2.27. The Kier molecular flexibility index (Phi) is 6.68. The highest BCUT2D eigenvalue weighted by molar-refractivity contribution is 8.14. The van der Waals surface area contributed by atoms with E-state index in [9.17, 15) is 23.3 Å². The largest absolute Gasteiger partial charge is 0.305 e. The fourth-order valence-electron chi connectivity index (χ4n) is 3.39. The number of hydrogen-bond donors (Lipinski definition) is 2. The number of nitrogens with one attached hydrogen (secondary N) is 2. The van der Waals surface area contributed by atoms with E-state index < -0.39 is 20.6 Å². The molecule has 0 bridgehead atoms. The third kappa shape index (κ3) is 5.09. The van der Waals surface area contributed by atoms with E-state index in [1.54, 1.807) is 11.8 Å². The molecular weight excluding hydrogens is 404 g/mol. The second-order valence-corrected chi connectivity index (χ2v) is 9.64. The van der Waals surface area contributed by atoms with Crippen molar-refractivity contribution in [1.82, 2.24) is 10.0 Å². The van der Waals surface area contributed by atoms with Crippen LogP contribution in [0.15, 0.2) is 34.2 Å². The monoisotopic (exact) mass is 426 g/mol. The summed E-state index contributed by atoms with van der Waals surface area (Å²) in [6.07, 6.45) is 2.80. The predicted octanol–water partition coefficient (Wildman–Crippen LogP) is 1.90. The van der Waals surface area contributed by atoms with Crippen LogP contribution in [-0.4, -0.2) is 43.3 Å². The number of para-hydroxylation sites is 1. The normalized spacial score (nSPS) is 22.5. The van der Waals surface area contributed by atoms with Gasteiger partial charge in [0.25, 0.3) is 5.69 Å². The average molecular weight is 427 g/mol. The Hall–Kier alpha value is -1.98. The van der Waals surface area contributed by atoms with Gasteiger partial charge in [-0.15, -0.1) is 0 Å². The number of nitro groups is 1. The number of rotatable bonds is 6. The van der Waals surface area contributed by atoms with Crippen molar-refractivity contribution < 1.29 is 18.1 Å². The highest BCUT2D eigenvalue weighted by Gasteiger charge is 2.30. The zero-order chi connectivity index (χ0) is 20.1. The third-order valence-corrected chi connectivity index (χ3v) is 7.31. The first-order valence-electron chi connectivity index (χ1n) is 9.08. The fourth-order valence-corrected chi connectivity index (χ4v) is 5.41. The summed E-state index contributed by atoms with van der Waals surface area (Å²) < 4.78 is 27.4. The number of amides is 1. The van der Waals surface area contributed by atoms with Crippen LogP contribution in [0.4, 0.5) is 5.69 Å². The molecule has 0 unspecified atom stereocenters. The minimum Gasteiger partial charge on any atom is -0.305 e. The van der Waals surface area contributed by atoms with E-state index in [2.05, 4.69) is 15.0 Å². The van der Waals surface area contributed by atoms with Crippen molar-refractivity contribution in [3.63, 3.8) is 0 Å². The van der Waals surface area contributed by atoms with Gasteiger partial charge in [-0.25, -0.2) is 13.1 Å². The second-order valence-electron chi connectivity index (χ2n) is 6.82. The van der Waals surface area contributed by atoms with Crippen LogP contribution in [0, 0.1) is 22.0 Å². The van der Waals surface area contributed by atoms with Crippen LogP contribution < -0.4 is 10.0 Å². The minimum atomic E-state index is -3.97. The maximum absolute atomic E-state index is 12.5. The molecular formula is C17H22N4O5S2. The number of amidine groups is 1. The first kappa shape index (κ1) is 20.7. The van der Waals surface area contributed by atoms with E-state index in [0.29, 0.717) is 18.0 Å². The molecule has 1 aromatic carbocycles. The predicted molar refractivity (Wildman–Crippen MR) is 107 cm³/mol. The Morgan fingerprint density at radius 3 is 2.61 bits per heavy atom. The number of thioether (sulfide) groups is 1. The Labute approximate surface area is 167 Å². The molecule has 11 heteroatoms. The quantitative estimate of drug-likeness (QED) is 0.528. The molecule has 28 heavy (non-hydrogen) atoms. The molecule has 0 spiro atoms. The van der Waals surface area contributed by atoms with Gasteiger partial charge in [0.2, 0.25) is 15.9 Å².